The third-order valence-corrected chi connectivity index (χ3v) is 4.12. The van der Waals surface area contributed by atoms with Crippen LogP contribution in [0.25, 0.3) is 10.9 Å². The fourth-order valence-electron chi connectivity index (χ4n) is 3.02. The maximum atomic E-state index is 12.5. The minimum absolute atomic E-state index is 0.128. The number of nitro benzene ring substituents is 1. The molecular weight excluding hydrogens is 302 g/mol. The summed E-state index contributed by atoms with van der Waals surface area (Å²) < 4.78 is 6.08. The molecule has 0 fully saturated rings. The summed E-state index contributed by atoms with van der Waals surface area (Å²) >= 11 is 0. The summed E-state index contributed by atoms with van der Waals surface area (Å²) in [5.74, 6) is -0.815. The maximum Gasteiger partial charge on any atom is 0.325 e. The molecule has 1 amide bonds. The van der Waals surface area contributed by atoms with E-state index in [9.17, 15) is 19.7 Å². The molecule has 0 bridgehead atoms. The van der Waals surface area contributed by atoms with Crippen LogP contribution in [0.15, 0.2) is 18.2 Å². The second-order valence-electron chi connectivity index (χ2n) is 5.40. The summed E-state index contributed by atoms with van der Waals surface area (Å²) in [7, 11) is 2.91. The predicted octanol–water partition coefficient (Wildman–Crippen LogP) is 1.35. The first kappa shape index (κ1) is 15.0. The molecule has 1 aromatic carbocycles. The van der Waals surface area contributed by atoms with Gasteiger partial charge in [-0.3, -0.25) is 19.7 Å². The van der Waals surface area contributed by atoms with Gasteiger partial charge in [0.25, 0.3) is 11.6 Å². The number of aromatic nitrogens is 1. The van der Waals surface area contributed by atoms with Crippen molar-refractivity contribution in [3.8, 4) is 0 Å². The Balaban J connectivity index is 2.37. The Morgan fingerprint density at radius 1 is 1.43 bits per heavy atom. The molecule has 0 spiro atoms. The SMILES string of the molecule is COC(=O)Cn1c2c(c3cccc([N+](=O)[O-])c31)CCN(C)C2=O. The predicted molar refractivity (Wildman–Crippen MR) is 81.3 cm³/mol. The van der Waals surface area contributed by atoms with Gasteiger partial charge in [-0.1, -0.05) is 12.1 Å². The van der Waals surface area contributed by atoms with E-state index in [1.54, 1.807) is 24.1 Å². The average molecular weight is 317 g/mol. The summed E-state index contributed by atoms with van der Waals surface area (Å²) in [6, 6.07) is 4.70. The summed E-state index contributed by atoms with van der Waals surface area (Å²) in [6.45, 7) is 0.290. The van der Waals surface area contributed by atoms with Crippen molar-refractivity contribution >= 4 is 28.5 Å². The van der Waals surface area contributed by atoms with Crippen LogP contribution in [0.3, 0.4) is 0 Å². The van der Waals surface area contributed by atoms with Gasteiger partial charge in [0.05, 0.1) is 12.0 Å². The van der Waals surface area contributed by atoms with Gasteiger partial charge in [-0.25, -0.2) is 0 Å². The molecule has 0 atom stereocenters. The van der Waals surface area contributed by atoms with Crippen LogP contribution in [-0.2, 0) is 22.5 Å². The lowest BCUT2D eigenvalue weighted by atomic mass is 10.0. The van der Waals surface area contributed by atoms with Crippen molar-refractivity contribution in [1.29, 1.82) is 0 Å². The first-order valence-corrected chi connectivity index (χ1v) is 7.06. The van der Waals surface area contributed by atoms with E-state index < -0.39 is 10.9 Å². The van der Waals surface area contributed by atoms with Crippen molar-refractivity contribution in [2.45, 2.75) is 13.0 Å². The van der Waals surface area contributed by atoms with Crippen LogP contribution in [0.2, 0.25) is 0 Å². The van der Waals surface area contributed by atoms with Crippen LogP contribution >= 0.6 is 0 Å². The number of likely N-dealkylation sites (N-methyl/N-ethyl adjacent to an activating group) is 1. The lowest BCUT2D eigenvalue weighted by Gasteiger charge is -2.24. The Morgan fingerprint density at radius 3 is 2.83 bits per heavy atom. The molecule has 120 valence electrons. The highest BCUT2D eigenvalue weighted by Gasteiger charge is 2.32. The van der Waals surface area contributed by atoms with Crippen LogP contribution in [-0.4, -0.2) is 47.0 Å². The van der Waals surface area contributed by atoms with E-state index in [0.29, 0.717) is 24.0 Å². The Morgan fingerprint density at radius 2 is 2.17 bits per heavy atom. The zero-order valence-corrected chi connectivity index (χ0v) is 12.7. The van der Waals surface area contributed by atoms with Gasteiger partial charge in [-0.05, 0) is 12.0 Å². The molecule has 23 heavy (non-hydrogen) atoms. The number of benzene rings is 1. The molecule has 8 heteroatoms. The van der Waals surface area contributed by atoms with Crippen molar-refractivity contribution < 1.29 is 19.2 Å². The van der Waals surface area contributed by atoms with E-state index in [1.807, 2.05) is 0 Å². The fraction of sp³-hybridized carbons (Fsp3) is 0.333. The number of rotatable bonds is 3. The molecule has 0 saturated heterocycles. The van der Waals surface area contributed by atoms with Crippen LogP contribution in [0.5, 0.6) is 0 Å². The highest BCUT2D eigenvalue weighted by molar-refractivity contribution is 6.05. The molecule has 1 aliphatic rings. The Bertz CT molecular complexity index is 839. The van der Waals surface area contributed by atoms with Crippen molar-refractivity contribution in [3.63, 3.8) is 0 Å². The van der Waals surface area contributed by atoms with Gasteiger partial charge in [0, 0.05) is 25.0 Å². The fourth-order valence-corrected chi connectivity index (χ4v) is 3.02. The quantitative estimate of drug-likeness (QED) is 0.484. The molecule has 2 heterocycles. The van der Waals surface area contributed by atoms with E-state index in [1.165, 1.54) is 17.7 Å². The number of nitro groups is 1. The molecule has 0 saturated carbocycles. The van der Waals surface area contributed by atoms with E-state index in [2.05, 4.69) is 4.74 Å². The highest BCUT2D eigenvalue weighted by atomic mass is 16.6. The standard InChI is InChI=1S/C15H15N3O5/c1-16-7-6-10-9-4-3-5-11(18(21)22)13(9)17(8-12(19)23-2)14(10)15(16)20/h3-5H,6-8H2,1-2H3. The van der Waals surface area contributed by atoms with E-state index >= 15 is 0 Å². The number of non-ortho nitro benzene ring substituents is 1. The molecule has 0 radical (unpaired) electrons. The Labute approximate surface area is 131 Å². The van der Waals surface area contributed by atoms with E-state index in [4.69, 9.17) is 0 Å². The maximum absolute atomic E-state index is 12.5. The Kier molecular flexibility index (Phi) is 3.51. The van der Waals surface area contributed by atoms with Crippen LogP contribution in [0.4, 0.5) is 5.69 Å². The highest BCUT2D eigenvalue weighted by Crippen LogP contribution is 2.35. The zero-order chi connectivity index (χ0) is 16.7. The van der Waals surface area contributed by atoms with Crippen molar-refractivity contribution in [2.75, 3.05) is 20.7 Å². The van der Waals surface area contributed by atoms with Gasteiger partial charge < -0.3 is 14.2 Å². The monoisotopic (exact) mass is 317 g/mol. The largest absolute Gasteiger partial charge is 0.468 e. The van der Waals surface area contributed by atoms with Crippen LogP contribution in [0, 0.1) is 10.1 Å². The smallest absolute Gasteiger partial charge is 0.325 e. The third-order valence-electron chi connectivity index (χ3n) is 4.12. The number of amides is 1. The summed E-state index contributed by atoms with van der Waals surface area (Å²) in [5, 5.41) is 12.0. The molecule has 3 rings (SSSR count). The van der Waals surface area contributed by atoms with Crippen LogP contribution < -0.4 is 0 Å². The van der Waals surface area contributed by atoms with Crippen molar-refractivity contribution in [1.82, 2.24) is 9.47 Å². The topological polar surface area (TPSA) is 94.7 Å². The summed E-state index contributed by atoms with van der Waals surface area (Å²) in [4.78, 5) is 36.7. The number of hydrogen-bond acceptors (Lipinski definition) is 5. The molecule has 0 aliphatic carbocycles. The lowest BCUT2D eigenvalue weighted by molar-refractivity contribution is -0.383. The molecule has 1 aliphatic heterocycles. The Hall–Kier alpha value is -2.90. The number of esters is 1. The molecule has 1 aromatic heterocycles. The van der Waals surface area contributed by atoms with Gasteiger partial charge >= 0.3 is 5.97 Å². The molecule has 2 aromatic rings. The van der Waals surface area contributed by atoms with E-state index in [-0.39, 0.29) is 23.7 Å². The normalized spacial score (nSPS) is 14.0. The van der Waals surface area contributed by atoms with Gasteiger partial charge in [-0.2, -0.15) is 0 Å². The van der Waals surface area contributed by atoms with Gasteiger partial charge in [0.1, 0.15) is 17.8 Å². The molecule has 0 N–H and O–H groups in total. The van der Waals surface area contributed by atoms with Gasteiger partial charge in [0.2, 0.25) is 0 Å². The number of nitrogens with zero attached hydrogens (tertiary/aromatic N) is 3. The lowest BCUT2D eigenvalue weighted by Crippen LogP contribution is -2.36. The minimum Gasteiger partial charge on any atom is -0.468 e. The van der Waals surface area contributed by atoms with Gasteiger partial charge in [0.15, 0.2) is 0 Å². The van der Waals surface area contributed by atoms with Gasteiger partial charge in [-0.15, -0.1) is 0 Å². The number of hydrogen-bond donors (Lipinski definition) is 0. The van der Waals surface area contributed by atoms with Crippen molar-refractivity contribution in [2.24, 2.45) is 0 Å². The van der Waals surface area contributed by atoms with Crippen molar-refractivity contribution in [3.05, 3.63) is 39.6 Å². The third kappa shape index (κ3) is 2.23. The minimum atomic E-state index is -0.566. The first-order valence-electron chi connectivity index (χ1n) is 7.06. The number of fused-ring (bicyclic) bond motifs is 3. The number of methoxy groups -OCH3 is 1. The number of para-hydroxylation sites is 1. The molecule has 0 unspecified atom stereocenters. The summed E-state index contributed by atoms with van der Waals surface area (Å²) in [5.41, 5.74) is 1.23. The first-order chi connectivity index (χ1) is 11.0. The zero-order valence-electron chi connectivity index (χ0n) is 12.7. The molecular formula is C15H15N3O5. The second-order valence-corrected chi connectivity index (χ2v) is 5.40. The number of ether oxygens (including phenoxy) is 1. The number of carbonyl (C=O) groups is 2. The van der Waals surface area contributed by atoms with Crippen LogP contribution in [0.1, 0.15) is 16.1 Å². The average Bonchev–Trinajstić information content (AvgIpc) is 2.85. The molecule has 8 nitrogen and oxygen atoms in total. The second kappa shape index (κ2) is 5.38. The van der Waals surface area contributed by atoms with E-state index in [0.717, 1.165) is 5.56 Å². The summed E-state index contributed by atoms with van der Waals surface area (Å²) in [6.07, 6.45) is 0.587. The number of carbonyl (C=O) groups excluding carboxylic acids is 2.